The van der Waals surface area contributed by atoms with Crippen molar-refractivity contribution in [3.05, 3.63) is 42.0 Å². The third kappa shape index (κ3) is 6.00. The molecule has 2 aromatic carbocycles. The molecule has 0 unspecified atom stereocenters. The van der Waals surface area contributed by atoms with Crippen LogP contribution in [0.5, 0.6) is 23.0 Å². The number of sulfonamides is 1. The van der Waals surface area contributed by atoms with E-state index in [0.29, 0.717) is 48.8 Å². The van der Waals surface area contributed by atoms with Gasteiger partial charge in [-0.3, -0.25) is 9.59 Å². The van der Waals surface area contributed by atoms with Crippen molar-refractivity contribution in [2.24, 2.45) is 0 Å². The van der Waals surface area contributed by atoms with Crippen molar-refractivity contribution in [1.82, 2.24) is 15.4 Å². The molecule has 2 heterocycles. The summed E-state index contributed by atoms with van der Waals surface area (Å²) in [5.74, 6) is 0.551. The highest BCUT2D eigenvalue weighted by Crippen LogP contribution is 2.36. The van der Waals surface area contributed by atoms with Crippen molar-refractivity contribution in [2.45, 2.75) is 30.2 Å². The fourth-order valence-corrected chi connectivity index (χ4v) is 5.31. The fourth-order valence-electron chi connectivity index (χ4n) is 3.92. The van der Waals surface area contributed by atoms with Gasteiger partial charge in [-0.2, -0.15) is 4.72 Å². The van der Waals surface area contributed by atoms with Crippen molar-refractivity contribution in [2.75, 3.05) is 40.0 Å². The molecule has 36 heavy (non-hydrogen) atoms. The van der Waals surface area contributed by atoms with Gasteiger partial charge < -0.3 is 29.6 Å². The minimum absolute atomic E-state index is 0.0655. The first kappa shape index (κ1) is 25.6. The molecule has 2 aliphatic rings. The fraction of sp³-hybridized carbons (Fsp3) is 0.417. The molecule has 0 aliphatic carbocycles. The summed E-state index contributed by atoms with van der Waals surface area (Å²) in [6.07, 6.45) is 1.28. The number of fused-ring (bicyclic) bond motifs is 2. The zero-order valence-corrected chi connectivity index (χ0v) is 20.7. The van der Waals surface area contributed by atoms with E-state index in [-0.39, 0.29) is 42.7 Å². The highest BCUT2D eigenvalue weighted by atomic mass is 32.2. The molecule has 0 radical (unpaired) electrons. The van der Waals surface area contributed by atoms with Crippen molar-refractivity contribution in [3.8, 4) is 23.0 Å². The van der Waals surface area contributed by atoms with Crippen LogP contribution >= 0.6 is 0 Å². The Morgan fingerprint density at radius 2 is 1.75 bits per heavy atom. The first-order chi connectivity index (χ1) is 17.4. The highest BCUT2D eigenvalue weighted by molar-refractivity contribution is 7.89. The molecule has 11 nitrogen and oxygen atoms in total. The zero-order valence-electron chi connectivity index (χ0n) is 19.9. The summed E-state index contributed by atoms with van der Waals surface area (Å²) >= 11 is 0. The summed E-state index contributed by atoms with van der Waals surface area (Å²) in [5, 5.41) is 5.55. The predicted molar refractivity (Wildman–Crippen MR) is 129 cm³/mol. The Morgan fingerprint density at radius 3 is 2.58 bits per heavy atom. The van der Waals surface area contributed by atoms with Crippen LogP contribution in [0.1, 0.15) is 29.6 Å². The van der Waals surface area contributed by atoms with Crippen molar-refractivity contribution in [3.63, 3.8) is 0 Å². The van der Waals surface area contributed by atoms with E-state index in [0.717, 1.165) is 0 Å². The summed E-state index contributed by atoms with van der Waals surface area (Å²) < 4.78 is 50.9. The number of para-hydroxylation sites is 1. The molecule has 0 saturated heterocycles. The Hall–Kier alpha value is -3.51. The predicted octanol–water partition coefficient (Wildman–Crippen LogP) is 1.22. The van der Waals surface area contributed by atoms with Gasteiger partial charge in [0.15, 0.2) is 11.5 Å². The van der Waals surface area contributed by atoms with Crippen molar-refractivity contribution in [1.29, 1.82) is 0 Å². The molecule has 4 rings (SSSR count). The van der Waals surface area contributed by atoms with Crippen LogP contribution in [0.4, 0.5) is 0 Å². The molecule has 0 spiro atoms. The quantitative estimate of drug-likeness (QED) is 0.548. The topological polar surface area (TPSA) is 141 Å². The lowest BCUT2D eigenvalue weighted by molar-refractivity contribution is -0.123. The number of benzene rings is 2. The summed E-state index contributed by atoms with van der Waals surface area (Å²) in [4.78, 5) is 25.5. The Morgan fingerprint density at radius 1 is 0.944 bits per heavy atom. The van der Waals surface area contributed by atoms with Crippen LogP contribution in [0.3, 0.4) is 0 Å². The maximum atomic E-state index is 13.2. The molecule has 0 bridgehead atoms. The summed E-state index contributed by atoms with van der Waals surface area (Å²) in [6.45, 7) is 1.07. The molecule has 194 valence electrons. The molecule has 0 fully saturated rings. The van der Waals surface area contributed by atoms with Crippen LogP contribution in [0.15, 0.2) is 41.3 Å². The molecular formula is C24H29N3O8S. The number of ether oxygens (including phenoxy) is 4. The second kappa shape index (κ2) is 11.5. The minimum Gasteiger partial charge on any atom is -0.497 e. The van der Waals surface area contributed by atoms with Gasteiger partial charge in [-0.15, -0.1) is 0 Å². The van der Waals surface area contributed by atoms with E-state index in [9.17, 15) is 18.0 Å². The maximum absolute atomic E-state index is 13.2. The second-order valence-electron chi connectivity index (χ2n) is 8.21. The zero-order chi connectivity index (χ0) is 25.5. The Labute approximate surface area is 209 Å². The molecule has 0 aromatic heterocycles. The summed E-state index contributed by atoms with van der Waals surface area (Å²) in [7, 11) is -2.59. The number of rotatable bonds is 4. The summed E-state index contributed by atoms with van der Waals surface area (Å²) in [5.41, 5.74) is 0.363. The lowest BCUT2D eigenvalue weighted by atomic mass is 10.1. The molecule has 0 saturated carbocycles. The first-order valence-electron chi connectivity index (χ1n) is 11.7. The largest absolute Gasteiger partial charge is 0.497 e. The Bertz CT molecular complexity index is 1220. The van der Waals surface area contributed by atoms with E-state index in [1.54, 1.807) is 30.3 Å². The normalized spacial score (nSPS) is 19.1. The number of hydrogen-bond acceptors (Lipinski definition) is 8. The van der Waals surface area contributed by atoms with E-state index < -0.39 is 22.0 Å². The van der Waals surface area contributed by atoms with Gasteiger partial charge in [0.25, 0.3) is 5.91 Å². The number of carbonyl (C=O) groups is 2. The number of methoxy groups -OCH3 is 1. The minimum atomic E-state index is -4.10. The maximum Gasteiger partial charge on any atom is 0.255 e. The smallest absolute Gasteiger partial charge is 0.255 e. The van der Waals surface area contributed by atoms with Gasteiger partial charge in [-0.1, -0.05) is 6.07 Å². The van der Waals surface area contributed by atoms with E-state index in [2.05, 4.69) is 15.4 Å². The van der Waals surface area contributed by atoms with Crippen LogP contribution in [0.2, 0.25) is 0 Å². The highest BCUT2D eigenvalue weighted by Gasteiger charge is 2.30. The molecular weight excluding hydrogens is 490 g/mol. The van der Waals surface area contributed by atoms with Gasteiger partial charge in [0, 0.05) is 12.6 Å². The third-order valence-electron chi connectivity index (χ3n) is 5.73. The standard InChI is InChI=1S/C24H29N3O8S/c1-32-16-8-9-17-20(15-16)33-12-11-26-24(29)18(5-2-3-10-25-23(17)28)27-36(30,31)21-7-4-6-19-22(21)35-14-13-34-19/h4,6-9,15,18,27H,2-3,5,10-14H2,1H3,(H,25,28)(H,26,29)/t18-/m0/s1. The SMILES string of the molecule is COc1ccc2c(c1)OCCNC(=O)[C@@H](NS(=O)(=O)c1cccc3c1OCCO3)CCCCNC2=O. The Balaban J connectivity index is 1.49. The van der Waals surface area contributed by atoms with Crippen LogP contribution < -0.4 is 34.3 Å². The van der Waals surface area contributed by atoms with E-state index in [1.165, 1.54) is 13.2 Å². The van der Waals surface area contributed by atoms with Crippen LogP contribution in [0.25, 0.3) is 0 Å². The average molecular weight is 520 g/mol. The van der Waals surface area contributed by atoms with Crippen LogP contribution in [0, 0.1) is 0 Å². The lowest BCUT2D eigenvalue weighted by Crippen LogP contribution is -2.47. The van der Waals surface area contributed by atoms with Gasteiger partial charge in [-0.25, -0.2) is 8.42 Å². The van der Waals surface area contributed by atoms with E-state index in [1.807, 2.05) is 0 Å². The van der Waals surface area contributed by atoms with Gasteiger partial charge in [0.2, 0.25) is 15.9 Å². The number of amides is 2. The molecule has 3 N–H and O–H groups in total. The first-order valence-corrected chi connectivity index (χ1v) is 13.1. The average Bonchev–Trinajstić information content (AvgIpc) is 2.89. The molecule has 1 atom stereocenters. The molecule has 12 heteroatoms. The molecule has 2 aromatic rings. The van der Waals surface area contributed by atoms with Gasteiger partial charge in [-0.05, 0) is 43.5 Å². The van der Waals surface area contributed by atoms with Crippen LogP contribution in [-0.2, 0) is 14.8 Å². The Kier molecular flexibility index (Phi) is 8.16. The van der Waals surface area contributed by atoms with Crippen molar-refractivity contribution >= 4 is 21.8 Å². The van der Waals surface area contributed by atoms with Gasteiger partial charge in [0.05, 0.1) is 19.2 Å². The van der Waals surface area contributed by atoms with E-state index >= 15 is 0 Å². The van der Waals surface area contributed by atoms with Gasteiger partial charge >= 0.3 is 0 Å². The molecule has 2 amide bonds. The molecule has 2 aliphatic heterocycles. The van der Waals surface area contributed by atoms with E-state index in [4.69, 9.17) is 18.9 Å². The second-order valence-corrected chi connectivity index (χ2v) is 9.89. The summed E-state index contributed by atoms with van der Waals surface area (Å²) in [6, 6.07) is 8.46. The monoisotopic (exact) mass is 519 g/mol. The number of nitrogens with one attached hydrogen (secondary N) is 3. The van der Waals surface area contributed by atoms with Crippen molar-refractivity contribution < 1.29 is 37.0 Å². The van der Waals surface area contributed by atoms with Crippen LogP contribution in [-0.4, -0.2) is 66.3 Å². The van der Waals surface area contributed by atoms with Gasteiger partial charge in [0.1, 0.15) is 42.3 Å². The number of hydrogen-bond donors (Lipinski definition) is 3. The third-order valence-corrected chi connectivity index (χ3v) is 7.23. The number of carbonyl (C=O) groups excluding carboxylic acids is 2. The lowest BCUT2D eigenvalue weighted by Gasteiger charge is -2.23.